The summed E-state index contributed by atoms with van der Waals surface area (Å²) in [6, 6.07) is -0.227. The fourth-order valence-electron chi connectivity index (χ4n) is 1.31. The van der Waals surface area contributed by atoms with Crippen molar-refractivity contribution in [3.8, 4) is 0 Å². The van der Waals surface area contributed by atoms with Gasteiger partial charge in [0.1, 0.15) is 6.26 Å². The van der Waals surface area contributed by atoms with Gasteiger partial charge in [-0.25, -0.2) is 4.98 Å². The van der Waals surface area contributed by atoms with Gasteiger partial charge >= 0.3 is 5.97 Å². The number of nitrogens with one attached hydrogen (secondary N) is 1. The lowest BCUT2D eigenvalue weighted by Crippen LogP contribution is -2.35. The standard InChI is InChI=1S/C10H14N2O4/c1-6(10(14)15)3-7(2)12-9(13)8-4-16-5-11-8/h4-7H,3H2,1-2H3,(H,12,13)(H,14,15). The maximum Gasteiger partial charge on any atom is 0.306 e. The fourth-order valence-corrected chi connectivity index (χ4v) is 1.31. The van der Waals surface area contributed by atoms with E-state index in [1.165, 1.54) is 12.7 Å². The van der Waals surface area contributed by atoms with E-state index in [-0.39, 0.29) is 17.6 Å². The number of nitrogens with zero attached hydrogens (tertiary/aromatic N) is 1. The van der Waals surface area contributed by atoms with E-state index in [1.54, 1.807) is 13.8 Å². The minimum absolute atomic E-state index is 0.190. The number of carboxylic acids is 1. The summed E-state index contributed by atoms with van der Waals surface area (Å²) in [7, 11) is 0. The number of aromatic nitrogens is 1. The summed E-state index contributed by atoms with van der Waals surface area (Å²) < 4.78 is 4.67. The summed E-state index contributed by atoms with van der Waals surface area (Å²) in [5.74, 6) is -1.73. The van der Waals surface area contributed by atoms with Gasteiger partial charge in [-0.3, -0.25) is 9.59 Å². The Morgan fingerprint density at radius 2 is 2.25 bits per heavy atom. The third kappa shape index (κ3) is 3.38. The van der Waals surface area contributed by atoms with E-state index < -0.39 is 11.9 Å². The first-order valence-electron chi connectivity index (χ1n) is 4.92. The molecule has 88 valence electrons. The van der Waals surface area contributed by atoms with Crippen molar-refractivity contribution in [1.82, 2.24) is 10.3 Å². The molecule has 0 fully saturated rings. The lowest BCUT2D eigenvalue weighted by atomic mass is 10.0. The SMILES string of the molecule is CC(CC(C)C(=O)O)NC(=O)c1cocn1. The summed E-state index contributed by atoms with van der Waals surface area (Å²) in [6.45, 7) is 3.35. The highest BCUT2D eigenvalue weighted by Gasteiger charge is 2.17. The molecular formula is C10H14N2O4. The van der Waals surface area contributed by atoms with E-state index in [9.17, 15) is 9.59 Å². The number of carbonyl (C=O) groups is 2. The molecule has 6 heteroatoms. The van der Waals surface area contributed by atoms with Gasteiger partial charge in [-0.1, -0.05) is 6.92 Å². The average molecular weight is 226 g/mol. The average Bonchev–Trinajstić information content (AvgIpc) is 2.69. The molecule has 1 rings (SSSR count). The Morgan fingerprint density at radius 3 is 2.75 bits per heavy atom. The van der Waals surface area contributed by atoms with Gasteiger partial charge in [-0.15, -0.1) is 0 Å². The molecule has 2 atom stereocenters. The van der Waals surface area contributed by atoms with Crippen LogP contribution in [0, 0.1) is 5.92 Å². The Balaban J connectivity index is 2.43. The molecule has 0 radical (unpaired) electrons. The molecule has 2 N–H and O–H groups in total. The highest BCUT2D eigenvalue weighted by molar-refractivity contribution is 5.92. The van der Waals surface area contributed by atoms with Crippen LogP contribution in [0.2, 0.25) is 0 Å². The van der Waals surface area contributed by atoms with Crippen LogP contribution in [0.25, 0.3) is 0 Å². The fraction of sp³-hybridized carbons (Fsp3) is 0.500. The number of amides is 1. The molecule has 16 heavy (non-hydrogen) atoms. The Hall–Kier alpha value is -1.85. The van der Waals surface area contributed by atoms with Crippen LogP contribution >= 0.6 is 0 Å². The lowest BCUT2D eigenvalue weighted by Gasteiger charge is -2.15. The minimum atomic E-state index is -0.873. The molecule has 0 aliphatic rings. The topological polar surface area (TPSA) is 92.4 Å². The zero-order valence-corrected chi connectivity index (χ0v) is 9.14. The first kappa shape index (κ1) is 12.2. The van der Waals surface area contributed by atoms with Crippen LogP contribution in [0.1, 0.15) is 30.8 Å². The van der Waals surface area contributed by atoms with E-state index in [1.807, 2.05) is 0 Å². The third-order valence-corrected chi connectivity index (χ3v) is 2.17. The second kappa shape index (κ2) is 5.29. The Kier molecular flexibility index (Phi) is 4.04. The summed E-state index contributed by atoms with van der Waals surface area (Å²) in [6.07, 6.45) is 2.78. The van der Waals surface area contributed by atoms with E-state index in [0.29, 0.717) is 6.42 Å². The molecule has 0 aliphatic carbocycles. The molecule has 0 bridgehead atoms. The molecule has 0 spiro atoms. The van der Waals surface area contributed by atoms with E-state index in [4.69, 9.17) is 5.11 Å². The smallest absolute Gasteiger partial charge is 0.306 e. The molecule has 0 saturated heterocycles. The van der Waals surface area contributed by atoms with Gasteiger partial charge in [0.15, 0.2) is 12.1 Å². The molecular weight excluding hydrogens is 212 g/mol. The van der Waals surface area contributed by atoms with Crippen LogP contribution in [0.3, 0.4) is 0 Å². The minimum Gasteiger partial charge on any atom is -0.481 e. The van der Waals surface area contributed by atoms with Gasteiger partial charge in [0.25, 0.3) is 5.91 Å². The first-order valence-corrected chi connectivity index (χ1v) is 4.92. The quantitative estimate of drug-likeness (QED) is 0.778. The molecule has 1 amide bonds. The van der Waals surface area contributed by atoms with Crippen LogP contribution in [-0.4, -0.2) is 28.0 Å². The van der Waals surface area contributed by atoms with Gasteiger partial charge in [0.05, 0.1) is 5.92 Å². The van der Waals surface area contributed by atoms with Crippen molar-refractivity contribution in [3.05, 3.63) is 18.4 Å². The van der Waals surface area contributed by atoms with E-state index in [0.717, 1.165) is 0 Å². The molecule has 0 saturated carbocycles. The predicted octanol–water partition coefficient (Wildman–Crippen LogP) is 0.904. The molecule has 0 aliphatic heterocycles. The van der Waals surface area contributed by atoms with Crippen molar-refractivity contribution >= 4 is 11.9 Å². The molecule has 0 aromatic carbocycles. The normalized spacial score (nSPS) is 14.1. The molecule has 2 unspecified atom stereocenters. The zero-order chi connectivity index (χ0) is 12.1. The van der Waals surface area contributed by atoms with Gasteiger partial charge in [0.2, 0.25) is 0 Å². The van der Waals surface area contributed by atoms with Gasteiger partial charge < -0.3 is 14.8 Å². The molecule has 1 heterocycles. The summed E-state index contributed by atoms with van der Waals surface area (Å²) >= 11 is 0. The monoisotopic (exact) mass is 226 g/mol. The summed E-state index contributed by atoms with van der Waals surface area (Å²) in [5.41, 5.74) is 0.190. The maximum absolute atomic E-state index is 11.5. The maximum atomic E-state index is 11.5. The van der Waals surface area contributed by atoms with Crippen LogP contribution in [-0.2, 0) is 4.79 Å². The van der Waals surface area contributed by atoms with Crippen molar-refractivity contribution < 1.29 is 19.1 Å². The zero-order valence-electron chi connectivity index (χ0n) is 9.14. The van der Waals surface area contributed by atoms with Crippen molar-refractivity contribution in [2.75, 3.05) is 0 Å². The first-order chi connectivity index (χ1) is 7.50. The number of hydrogen-bond acceptors (Lipinski definition) is 4. The highest BCUT2D eigenvalue weighted by atomic mass is 16.4. The van der Waals surface area contributed by atoms with Crippen LogP contribution in [0.4, 0.5) is 0 Å². The van der Waals surface area contributed by atoms with Gasteiger partial charge in [-0.05, 0) is 13.3 Å². The largest absolute Gasteiger partial charge is 0.481 e. The van der Waals surface area contributed by atoms with Crippen LogP contribution in [0.15, 0.2) is 17.1 Å². The Labute approximate surface area is 92.7 Å². The predicted molar refractivity (Wildman–Crippen MR) is 54.8 cm³/mol. The second-order valence-corrected chi connectivity index (χ2v) is 3.72. The van der Waals surface area contributed by atoms with Crippen LogP contribution in [0.5, 0.6) is 0 Å². The van der Waals surface area contributed by atoms with Crippen molar-refractivity contribution in [1.29, 1.82) is 0 Å². The van der Waals surface area contributed by atoms with Crippen molar-refractivity contribution in [2.45, 2.75) is 26.3 Å². The molecule has 6 nitrogen and oxygen atoms in total. The Morgan fingerprint density at radius 1 is 1.56 bits per heavy atom. The number of aliphatic carboxylic acids is 1. The van der Waals surface area contributed by atoms with Crippen molar-refractivity contribution in [3.63, 3.8) is 0 Å². The number of oxazole rings is 1. The van der Waals surface area contributed by atoms with E-state index >= 15 is 0 Å². The molecule has 1 aromatic rings. The lowest BCUT2D eigenvalue weighted by molar-refractivity contribution is -0.141. The molecule has 1 aromatic heterocycles. The summed E-state index contributed by atoms with van der Waals surface area (Å²) in [5, 5.41) is 11.4. The number of hydrogen-bond donors (Lipinski definition) is 2. The number of carboxylic acid groups (broad SMARTS) is 1. The van der Waals surface area contributed by atoms with Crippen LogP contribution < -0.4 is 5.32 Å². The van der Waals surface area contributed by atoms with Crippen molar-refractivity contribution in [2.24, 2.45) is 5.92 Å². The summed E-state index contributed by atoms with van der Waals surface area (Å²) in [4.78, 5) is 25.8. The highest BCUT2D eigenvalue weighted by Crippen LogP contribution is 2.06. The van der Waals surface area contributed by atoms with Gasteiger partial charge in [0, 0.05) is 6.04 Å². The second-order valence-electron chi connectivity index (χ2n) is 3.72. The third-order valence-electron chi connectivity index (χ3n) is 2.17. The van der Waals surface area contributed by atoms with E-state index in [2.05, 4.69) is 14.7 Å². The number of rotatable bonds is 5. The Bertz CT molecular complexity index is 361. The van der Waals surface area contributed by atoms with Gasteiger partial charge in [-0.2, -0.15) is 0 Å². The number of carbonyl (C=O) groups excluding carboxylic acids is 1.